The van der Waals surface area contributed by atoms with Crippen LogP contribution in [-0.2, 0) is 33.5 Å². The lowest BCUT2D eigenvalue weighted by Gasteiger charge is -2.29. The summed E-state index contributed by atoms with van der Waals surface area (Å²) < 4.78 is 42.4. The summed E-state index contributed by atoms with van der Waals surface area (Å²) >= 11 is 0. The Morgan fingerprint density at radius 2 is 1.73 bits per heavy atom. The van der Waals surface area contributed by atoms with E-state index < -0.39 is 41.2 Å². The number of piperidine rings is 1. The highest BCUT2D eigenvalue weighted by Gasteiger charge is 2.73. The molecular formula is C40H45F3N8O4. The minimum Gasteiger partial charge on any atom is -0.345 e. The number of carbonyl (C=O) groups excluding carboxylic acids is 4. The molecule has 1 aromatic carbocycles. The van der Waals surface area contributed by atoms with Crippen LogP contribution in [-0.4, -0.2) is 83.7 Å². The van der Waals surface area contributed by atoms with Crippen molar-refractivity contribution in [1.29, 1.82) is 0 Å². The summed E-state index contributed by atoms with van der Waals surface area (Å²) in [6.07, 6.45) is 2.70. The van der Waals surface area contributed by atoms with Gasteiger partial charge in [0.2, 0.25) is 17.7 Å². The Morgan fingerprint density at radius 1 is 1.00 bits per heavy atom. The van der Waals surface area contributed by atoms with Crippen molar-refractivity contribution in [1.82, 2.24) is 34.5 Å². The van der Waals surface area contributed by atoms with Crippen molar-refractivity contribution in [3.63, 3.8) is 0 Å². The summed E-state index contributed by atoms with van der Waals surface area (Å²) in [5, 5.41) is 7.89. The number of amides is 3. The second-order valence-corrected chi connectivity index (χ2v) is 15.6. The number of hydrogen-bond donors (Lipinski definition) is 1. The largest absolute Gasteiger partial charge is 0.433 e. The van der Waals surface area contributed by atoms with Crippen molar-refractivity contribution in [2.24, 2.45) is 17.3 Å². The first kappa shape index (κ1) is 38.1. The molecule has 0 radical (unpaired) electrons. The number of aromatic nitrogens is 5. The number of alkyl halides is 3. The number of carbonyl (C=O) groups is 4. The standard InChI is InChI=1S/C40H45F3N8O4/c1-21-12-13-31(40(41,42)43)46-36(21)47-37(54)30-16-39-20-49(6)38(55)22(2)10-8-7-9-11-26-14-27(28-17-44-25(5)45-18-28)15-29-33(24(4)52)48-50(34(26)29)19-32(53)51(30)35(39)23(39)3/h12-15,17-18,22-23,30,35H,7-11,16,19-20H2,1-6H3,(H,46,47,54)/t22-,23+,30+,35?,39-/m1/s1. The molecule has 1 saturated heterocycles. The molecule has 2 aliphatic heterocycles. The first-order chi connectivity index (χ1) is 26.0. The second kappa shape index (κ2) is 14.1. The Bertz CT molecular complexity index is 2200. The zero-order valence-corrected chi connectivity index (χ0v) is 31.8. The average molecular weight is 759 g/mol. The molecule has 2 fully saturated rings. The highest BCUT2D eigenvalue weighted by Crippen LogP contribution is 2.64. The summed E-state index contributed by atoms with van der Waals surface area (Å²) in [4.78, 5) is 71.3. The number of pyridine rings is 1. The summed E-state index contributed by atoms with van der Waals surface area (Å²) in [5.41, 5.74) is 1.86. The maximum Gasteiger partial charge on any atom is 0.433 e. The molecular weight excluding hydrogens is 713 g/mol. The molecule has 15 heteroatoms. The number of halogens is 3. The van der Waals surface area contributed by atoms with Gasteiger partial charge in [0.25, 0.3) is 0 Å². The highest BCUT2D eigenvalue weighted by atomic mass is 19.4. The number of aryl methyl sites for hydroxylation is 3. The fourth-order valence-corrected chi connectivity index (χ4v) is 8.86. The molecule has 55 heavy (non-hydrogen) atoms. The minimum absolute atomic E-state index is 0.0160. The molecule has 1 unspecified atom stereocenters. The van der Waals surface area contributed by atoms with E-state index in [0.717, 1.165) is 42.0 Å². The molecule has 1 saturated carbocycles. The van der Waals surface area contributed by atoms with Crippen molar-refractivity contribution in [3.8, 4) is 11.1 Å². The topological polar surface area (TPSA) is 143 Å². The van der Waals surface area contributed by atoms with E-state index in [0.29, 0.717) is 41.7 Å². The third-order valence-electron chi connectivity index (χ3n) is 11.9. The summed E-state index contributed by atoms with van der Waals surface area (Å²) in [6, 6.07) is 4.49. The number of nitrogens with one attached hydrogen (secondary N) is 1. The van der Waals surface area contributed by atoms with Crippen molar-refractivity contribution < 1.29 is 32.3 Å². The Labute approximate surface area is 316 Å². The predicted molar refractivity (Wildman–Crippen MR) is 198 cm³/mol. The Balaban J connectivity index is 1.32. The average Bonchev–Trinajstić information content (AvgIpc) is 3.39. The summed E-state index contributed by atoms with van der Waals surface area (Å²) in [5.74, 6) is -1.33. The van der Waals surface area contributed by atoms with Crippen molar-refractivity contribution >= 4 is 40.2 Å². The van der Waals surface area contributed by atoms with Gasteiger partial charge in [0.1, 0.15) is 35.6 Å². The number of Topliss-reactive ketones (excluding diaryl/α,β-unsaturated/α-hetero) is 1. The Kier molecular flexibility index (Phi) is 9.79. The van der Waals surface area contributed by atoms with Gasteiger partial charge in [-0.2, -0.15) is 18.3 Å². The molecule has 5 heterocycles. The van der Waals surface area contributed by atoms with E-state index >= 15 is 0 Å². The van der Waals surface area contributed by atoms with E-state index in [-0.39, 0.29) is 48.0 Å². The van der Waals surface area contributed by atoms with Gasteiger partial charge in [0, 0.05) is 61.2 Å². The number of hydrogen-bond acceptors (Lipinski definition) is 8. The quantitative estimate of drug-likeness (QED) is 0.243. The SMILES string of the molecule is CC(=O)c1nn2c3c(cc(-c4cnc(C)nc4)cc13)CCCCC[C@@H](C)C(=O)N(C)C[C@@]13C[C@@H](C(=O)Nc4nc(C(F)(F)F)ccc4C)N(C(=O)C2)C1[C@@H]3C. The lowest BCUT2D eigenvalue weighted by atomic mass is 9.93. The third-order valence-corrected chi connectivity index (χ3v) is 11.9. The van der Waals surface area contributed by atoms with Gasteiger partial charge in [0.15, 0.2) is 5.78 Å². The van der Waals surface area contributed by atoms with Gasteiger partial charge in [0.05, 0.1) is 5.52 Å². The van der Waals surface area contributed by atoms with Crippen LogP contribution in [0.5, 0.6) is 0 Å². The molecule has 3 aliphatic rings. The first-order valence-corrected chi connectivity index (χ1v) is 18.8. The van der Waals surface area contributed by atoms with E-state index in [1.807, 2.05) is 26.0 Å². The fourth-order valence-electron chi connectivity index (χ4n) is 8.86. The normalized spacial score (nSPS) is 24.8. The number of benzene rings is 1. The van der Waals surface area contributed by atoms with Gasteiger partial charge in [-0.15, -0.1) is 0 Å². The lowest BCUT2D eigenvalue weighted by Crippen LogP contribution is -2.47. The molecule has 5 atom stereocenters. The number of rotatable bonds is 4. The minimum atomic E-state index is -4.73. The van der Waals surface area contributed by atoms with E-state index in [4.69, 9.17) is 5.10 Å². The van der Waals surface area contributed by atoms with Crippen LogP contribution in [0.2, 0.25) is 0 Å². The number of ketones is 1. The zero-order valence-electron chi connectivity index (χ0n) is 31.8. The monoisotopic (exact) mass is 758 g/mol. The van der Waals surface area contributed by atoms with Crippen LogP contribution in [0, 0.1) is 31.1 Å². The summed E-state index contributed by atoms with van der Waals surface area (Å²) in [6.45, 7) is 8.70. The molecule has 12 nitrogen and oxygen atoms in total. The predicted octanol–water partition coefficient (Wildman–Crippen LogP) is 6.18. The van der Waals surface area contributed by atoms with Crippen LogP contribution in [0.25, 0.3) is 22.0 Å². The van der Waals surface area contributed by atoms with E-state index in [1.54, 1.807) is 42.9 Å². The second-order valence-electron chi connectivity index (χ2n) is 15.6. The van der Waals surface area contributed by atoms with E-state index in [2.05, 4.69) is 20.3 Å². The van der Waals surface area contributed by atoms with Crippen LogP contribution in [0.3, 0.4) is 0 Å². The van der Waals surface area contributed by atoms with Gasteiger partial charge in [-0.1, -0.05) is 32.8 Å². The summed E-state index contributed by atoms with van der Waals surface area (Å²) in [7, 11) is 1.75. The number of anilines is 1. The Morgan fingerprint density at radius 3 is 2.42 bits per heavy atom. The molecule has 7 rings (SSSR count). The lowest BCUT2D eigenvalue weighted by molar-refractivity contribution is -0.141. The molecule has 290 valence electrons. The van der Waals surface area contributed by atoms with Crippen LogP contribution in [0.15, 0.2) is 36.7 Å². The van der Waals surface area contributed by atoms with Gasteiger partial charge in [-0.05, 0) is 80.3 Å². The maximum atomic E-state index is 14.7. The van der Waals surface area contributed by atoms with Gasteiger partial charge >= 0.3 is 6.18 Å². The van der Waals surface area contributed by atoms with Crippen molar-refractivity contribution in [3.05, 3.63) is 65.0 Å². The molecule has 0 spiro atoms. The van der Waals surface area contributed by atoms with Gasteiger partial charge < -0.3 is 15.1 Å². The fraction of sp³-hybridized carbons (Fsp3) is 0.500. The first-order valence-electron chi connectivity index (χ1n) is 18.8. The molecule has 3 amide bonds. The van der Waals surface area contributed by atoms with Crippen LogP contribution < -0.4 is 5.32 Å². The Hall–Kier alpha value is -5.21. The van der Waals surface area contributed by atoms with Crippen molar-refractivity contribution in [2.45, 2.75) is 97.9 Å². The molecule has 1 aliphatic carbocycles. The third kappa shape index (κ3) is 6.97. The smallest absolute Gasteiger partial charge is 0.345 e. The molecule has 3 aromatic heterocycles. The number of nitrogens with zero attached hydrogens (tertiary/aromatic N) is 7. The molecule has 4 aromatic rings. The van der Waals surface area contributed by atoms with E-state index in [9.17, 15) is 32.3 Å². The van der Waals surface area contributed by atoms with Crippen molar-refractivity contribution in [2.75, 3.05) is 18.9 Å². The van der Waals surface area contributed by atoms with Crippen LogP contribution in [0.4, 0.5) is 19.0 Å². The van der Waals surface area contributed by atoms with Crippen LogP contribution in [0.1, 0.15) is 86.0 Å². The molecule has 1 N–H and O–H groups in total. The highest BCUT2D eigenvalue weighted by molar-refractivity contribution is 6.07. The zero-order chi connectivity index (χ0) is 39.6. The van der Waals surface area contributed by atoms with Crippen LogP contribution >= 0.6 is 0 Å². The molecule has 2 bridgehead atoms. The maximum absolute atomic E-state index is 14.7. The van der Waals surface area contributed by atoms with Gasteiger partial charge in [-0.25, -0.2) is 15.0 Å². The van der Waals surface area contributed by atoms with Gasteiger partial charge in [-0.3, -0.25) is 23.9 Å². The van der Waals surface area contributed by atoms with E-state index in [1.165, 1.54) is 17.9 Å².